The number of aryl methyl sites for hydroxylation is 1. The first kappa shape index (κ1) is 19.8. The van der Waals surface area contributed by atoms with E-state index in [2.05, 4.69) is 60.5 Å². The van der Waals surface area contributed by atoms with Crippen molar-refractivity contribution in [3.8, 4) is 11.3 Å². The summed E-state index contributed by atoms with van der Waals surface area (Å²) in [4.78, 5) is 4.67. The third-order valence-corrected chi connectivity index (χ3v) is 5.76. The Morgan fingerprint density at radius 2 is 1.81 bits per heavy atom. The number of methoxy groups -OCH3 is 1. The molecule has 2 heteroatoms. The standard InChI is InChI=1S/C25H33NO/c1-3-4-6-21-10-17-25(26-19-21)24-15-13-23(14-16-24)22-11-8-20(9-12-22)7-5-18-27-2/h5,7,10,13-17,19-20,22H,3-4,6,8-9,11-12,18H2,1-2H3/t20-,22-. The van der Waals surface area contributed by atoms with Crippen LogP contribution in [0.3, 0.4) is 0 Å². The molecule has 1 saturated carbocycles. The molecule has 27 heavy (non-hydrogen) atoms. The van der Waals surface area contributed by atoms with Crippen LogP contribution in [0.1, 0.15) is 62.5 Å². The van der Waals surface area contributed by atoms with E-state index in [0.717, 1.165) is 24.6 Å². The van der Waals surface area contributed by atoms with E-state index in [4.69, 9.17) is 4.74 Å². The summed E-state index contributed by atoms with van der Waals surface area (Å²) in [6.45, 7) is 2.96. The van der Waals surface area contributed by atoms with Gasteiger partial charge >= 0.3 is 0 Å². The molecule has 0 N–H and O–H groups in total. The number of rotatable bonds is 8. The van der Waals surface area contributed by atoms with Gasteiger partial charge in [-0.15, -0.1) is 0 Å². The molecule has 0 aliphatic heterocycles. The maximum absolute atomic E-state index is 5.10. The van der Waals surface area contributed by atoms with Gasteiger partial charge in [-0.25, -0.2) is 0 Å². The van der Waals surface area contributed by atoms with Crippen molar-refractivity contribution < 1.29 is 4.74 Å². The Hall–Kier alpha value is -1.93. The van der Waals surface area contributed by atoms with Crippen molar-refractivity contribution in [2.24, 2.45) is 5.92 Å². The Morgan fingerprint density at radius 1 is 1.04 bits per heavy atom. The highest BCUT2D eigenvalue weighted by atomic mass is 16.5. The molecule has 2 aromatic rings. The summed E-state index contributed by atoms with van der Waals surface area (Å²) in [5.41, 5.74) is 5.12. The van der Waals surface area contributed by atoms with Crippen LogP contribution >= 0.6 is 0 Å². The molecule has 0 unspecified atom stereocenters. The minimum absolute atomic E-state index is 0.704. The molecule has 1 aliphatic carbocycles. The second kappa shape index (κ2) is 10.4. The zero-order valence-electron chi connectivity index (χ0n) is 16.9. The SMILES string of the molecule is CCCCc1ccc(-c2ccc([C@H]3CC[C@H](C=CCOC)CC3)cc2)nc1. The number of allylic oxidation sites excluding steroid dienone is 1. The molecule has 1 fully saturated rings. The predicted molar refractivity (Wildman–Crippen MR) is 114 cm³/mol. The molecule has 1 aromatic heterocycles. The number of aromatic nitrogens is 1. The predicted octanol–water partition coefficient (Wildman–Crippen LogP) is 6.57. The first-order chi connectivity index (χ1) is 13.3. The number of hydrogen-bond donors (Lipinski definition) is 0. The largest absolute Gasteiger partial charge is 0.381 e. The molecule has 1 aromatic carbocycles. The molecular weight excluding hydrogens is 330 g/mol. The molecule has 0 radical (unpaired) electrons. The van der Waals surface area contributed by atoms with Crippen LogP contribution in [0.4, 0.5) is 0 Å². The highest BCUT2D eigenvalue weighted by Crippen LogP contribution is 2.36. The van der Waals surface area contributed by atoms with Crippen LogP contribution in [0.2, 0.25) is 0 Å². The summed E-state index contributed by atoms with van der Waals surface area (Å²) < 4.78 is 5.10. The van der Waals surface area contributed by atoms with Gasteiger partial charge in [0.05, 0.1) is 12.3 Å². The van der Waals surface area contributed by atoms with Crippen LogP contribution in [0.5, 0.6) is 0 Å². The molecule has 3 rings (SSSR count). The van der Waals surface area contributed by atoms with E-state index in [1.807, 2.05) is 6.20 Å². The summed E-state index contributed by atoms with van der Waals surface area (Å²) in [7, 11) is 1.75. The molecule has 0 spiro atoms. The molecule has 144 valence electrons. The number of hydrogen-bond acceptors (Lipinski definition) is 2. The maximum atomic E-state index is 5.10. The van der Waals surface area contributed by atoms with Crippen molar-refractivity contribution in [1.82, 2.24) is 4.98 Å². The second-order valence-electron chi connectivity index (χ2n) is 7.77. The lowest BCUT2D eigenvalue weighted by molar-refractivity contribution is 0.233. The van der Waals surface area contributed by atoms with Crippen LogP contribution in [-0.4, -0.2) is 18.7 Å². The number of ether oxygens (including phenoxy) is 1. The summed E-state index contributed by atoms with van der Waals surface area (Å²) in [6.07, 6.45) is 15.3. The Bertz CT molecular complexity index is 694. The first-order valence-corrected chi connectivity index (χ1v) is 10.5. The number of unbranched alkanes of at least 4 members (excludes halogenated alkanes) is 1. The van der Waals surface area contributed by atoms with Gasteiger partial charge in [0.25, 0.3) is 0 Å². The summed E-state index contributed by atoms with van der Waals surface area (Å²) in [6, 6.07) is 13.5. The van der Waals surface area contributed by atoms with Gasteiger partial charge in [-0.3, -0.25) is 4.98 Å². The van der Waals surface area contributed by atoms with Crippen molar-refractivity contribution in [3.05, 3.63) is 65.9 Å². The van der Waals surface area contributed by atoms with E-state index in [-0.39, 0.29) is 0 Å². The fraction of sp³-hybridized carbons (Fsp3) is 0.480. The highest BCUT2D eigenvalue weighted by Gasteiger charge is 2.20. The molecule has 2 nitrogen and oxygen atoms in total. The van der Waals surface area contributed by atoms with Gasteiger partial charge in [-0.1, -0.05) is 55.8 Å². The van der Waals surface area contributed by atoms with Gasteiger partial charge < -0.3 is 4.74 Å². The number of nitrogens with zero attached hydrogens (tertiary/aromatic N) is 1. The Kier molecular flexibility index (Phi) is 7.65. The van der Waals surface area contributed by atoms with E-state index in [1.165, 1.54) is 55.2 Å². The third kappa shape index (κ3) is 5.77. The minimum atomic E-state index is 0.704. The van der Waals surface area contributed by atoms with Crippen molar-refractivity contribution >= 4 is 0 Å². The smallest absolute Gasteiger partial charge is 0.0702 e. The number of pyridine rings is 1. The molecule has 0 saturated heterocycles. The van der Waals surface area contributed by atoms with Crippen molar-refractivity contribution in [1.29, 1.82) is 0 Å². The van der Waals surface area contributed by atoms with Crippen LogP contribution in [0.25, 0.3) is 11.3 Å². The van der Waals surface area contributed by atoms with E-state index in [0.29, 0.717) is 5.92 Å². The molecule has 0 bridgehead atoms. The average Bonchev–Trinajstić information content (AvgIpc) is 2.73. The fourth-order valence-corrected chi connectivity index (χ4v) is 4.04. The first-order valence-electron chi connectivity index (χ1n) is 10.5. The van der Waals surface area contributed by atoms with Crippen molar-refractivity contribution in [3.63, 3.8) is 0 Å². The van der Waals surface area contributed by atoms with E-state index in [1.54, 1.807) is 7.11 Å². The lowest BCUT2D eigenvalue weighted by Crippen LogP contribution is -2.11. The van der Waals surface area contributed by atoms with Gasteiger partial charge in [0, 0.05) is 18.9 Å². The van der Waals surface area contributed by atoms with Gasteiger partial charge in [0.2, 0.25) is 0 Å². The summed E-state index contributed by atoms with van der Waals surface area (Å²) >= 11 is 0. The zero-order chi connectivity index (χ0) is 18.9. The lowest BCUT2D eigenvalue weighted by Gasteiger charge is -2.27. The third-order valence-electron chi connectivity index (χ3n) is 5.76. The second-order valence-corrected chi connectivity index (χ2v) is 7.77. The van der Waals surface area contributed by atoms with E-state index in [9.17, 15) is 0 Å². The monoisotopic (exact) mass is 363 g/mol. The van der Waals surface area contributed by atoms with Gasteiger partial charge in [0.15, 0.2) is 0 Å². The Morgan fingerprint density at radius 3 is 2.44 bits per heavy atom. The average molecular weight is 364 g/mol. The molecular formula is C25H33NO. The van der Waals surface area contributed by atoms with Gasteiger partial charge in [-0.05, 0) is 67.6 Å². The van der Waals surface area contributed by atoms with Crippen LogP contribution in [0.15, 0.2) is 54.7 Å². The van der Waals surface area contributed by atoms with Crippen molar-refractivity contribution in [2.45, 2.75) is 57.8 Å². The number of benzene rings is 1. The fourth-order valence-electron chi connectivity index (χ4n) is 4.04. The molecule has 0 amide bonds. The quantitative estimate of drug-likeness (QED) is 0.495. The topological polar surface area (TPSA) is 22.1 Å². The van der Waals surface area contributed by atoms with E-state index >= 15 is 0 Å². The maximum Gasteiger partial charge on any atom is 0.0702 e. The van der Waals surface area contributed by atoms with Gasteiger partial charge in [-0.2, -0.15) is 0 Å². The highest BCUT2D eigenvalue weighted by molar-refractivity contribution is 5.59. The Labute approximate surface area is 164 Å². The normalized spacial score (nSPS) is 20.2. The Balaban J connectivity index is 1.56. The molecule has 1 aliphatic rings. The van der Waals surface area contributed by atoms with Gasteiger partial charge in [0.1, 0.15) is 0 Å². The molecule has 0 atom stereocenters. The molecule has 1 heterocycles. The summed E-state index contributed by atoms with van der Waals surface area (Å²) in [5, 5.41) is 0. The van der Waals surface area contributed by atoms with Crippen LogP contribution in [0, 0.1) is 5.92 Å². The minimum Gasteiger partial charge on any atom is -0.381 e. The zero-order valence-corrected chi connectivity index (χ0v) is 16.9. The van der Waals surface area contributed by atoms with E-state index < -0.39 is 0 Å². The van der Waals surface area contributed by atoms with Crippen LogP contribution in [-0.2, 0) is 11.2 Å². The van der Waals surface area contributed by atoms with Crippen LogP contribution < -0.4 is 0 Å². The summed E-state index contributed by atoms with van der Waals surface area (Å²) in [5.74, 6) is 1.43. The lowest BCUT2D eigenvalue weighted by atomic mass is 9.78. The van der Waals surface area contributed by atoms with Crippen molar-refractivity contribution in [2.75, 3.05) is 13.7 Å².